The van der Waals surface area contributed by atoms with Gasteiger partial charge in [0, 0.05) is 50.0 Å². The molecule has 1 saturated heterocycles. The van der Waals surface area contributed by atoms with E-state index in [4.69, 9.17) is 0 Å². The number of nitrogens with one attached hydrogen (secondary N) is 1. The highest BCUT2D eigenvalue weighted by molar-refractivity contribution is 5.91. The Morgan fingerprint density at radius 3 is 2.21 bits per heavy atom. The average molecular weight is 378 g/mol. The van der Waals surface area contributed by atoms with E-state index >= 15 is 0 Å². The highest BCUT2D eigenvalue weighted by Gasteiger charge is 2.31. The van der Waals surface area contributed by atoms with Gasteiger partial charge in [-0.15, -0.1) is 0 Å². The van der Waals surface area contributed by atoms with Crippen molar-refractivity contribution < 1.29 is 4.79 Å². The van der Waals surface area contributed by atoms with Gasteiger partial charge in [-0.25, -0.2) is 0 Å². The Labute approximate surface area is 168 Å². The van der Waals surface area contributed by atoms with Crippen molar-refractivity contribution in [2.24, 2.45) is 0 Å². The number of hydrogen-bond acceptors (Lipinski definition) is 3. The summed E-state index contributed by atoms with van der Waals surface area (Å²) in [5.41, 5.74) is 3.12. The summed E-state index contributed by atoms with van der Waals surface area (Å²) in [6.45, 7) is 8.75. The van der Waals surface area contributed by atoms with Crippen molar-refractivity contribution in [2.75, 3.05) is 36.4 Å². The Hall–Kier alpha value is -2.33. The molecule has 0 aromatic heterocycles. The predicted octanol–water partition coefficient (Wildman–Crippen LogP) is 4.28. The lowest BCUT2D eigenvalue weighted by atomic mass is 9.81. The molecule has 1 amide bonds. The fourth-order valence-electron chi connectivity index (χ4n) is 4.14. The van der Waals surface area contributed by atoms with Crippen LogP contribution in [0, 0.1) is 0 Å². The first-order valence-electron chi connectivity index (χ1n) is 10.5. The summed E-state index contributed by atoms with van der Waals surface area (Å²) in [6.07, 6.45) is 3.23. The number of benzene rings is 2. The maximum absolute atomic E-state index is 12.6. The first kappa shape index (κ1) is 19.0. The third-order valence-corrected chi connectivity index (χ3v) is 6.05. The van der Waals surface area contributed by atoms with Crippen LogP contribution in [-0.2, 0) is 10.2 Å². The van der Waals surface area contributed by atoms with Gasteiger partial charge >= 0.3 is 0 Å². The van der Waals surface area contributed by atoms with Crippen LogP contribution >= 0.6 is 0 Å². The van der Waals surface area contributed by atoms with Gasteiger partial charge in [0.25, 0.3) is 0 Å². The van der Waals surface area contributed by atoms with Gasteiger partial charge in [-0.05, 0) is 48.1 Å². The van der Waals surface area contributed by atoms with Crippen molar-refractivity contribution in [1.29, 1.82) is 0 Å². The molecule has 2 fully saturated rings. The van der Waals surface area contributed by atoms with E-state index < -0.39 is 0 Å². The lowest BCUT2D eigenvalue weighted by Gasteiger charge is -2.36. The van der Waals surface area contributed by atoms with Gasteiger partial charge in [0.2, 0.25) is 5.91 Å². The molecule has 0 unspecified atom stereocenters. The Bertz CT molecular complexity index is 788. The van der Waals surface area contributed by atoms with E-state index in [1.54, 1.807) is 0 Å². The summed E-state index contributed by atoms with van der Waals surface area (Å²) >= 11 is 0. The van der Waals surface area contributed by atoms with E-state index in [1.165, 1.54) is 24.1 Å². The highest BCUT2D eigenvalue weighted by atomic mass is 16.1. The average Bonchev–Trinajstić information content (AvgIpc) is 3.54. The lowest BCUT2D eigenvalue weighted by Crippen LogP contribution is -2.47. The minimum Gasteiger partial charge on any atom is -0.369 e. The molecule has 1 heterocycles. The summed E-state index contributed by atoms with van der Waals surface area (Å²) in [5, 5.41) is 3.06. The minimum atomic E-state index is -0.188. The summed E-state index contributed by atoms with van der Waals surface area (Å²) in [5.74, 6) is 0.0552. The molecule has 2 aromatic rings. The molecule has 0 bridgehead atoms. The van der Waals surface area contributed by atoms with Gasteiger partial charge in [-0.2, -0.15) is 0 Å². The molecule has 0 spiro atoms. The third kappa shape index (κ3) is 4.56. The molecule has 4 rings (SSSR count). The number of carbonyl (C=O) groups is 1. The second kappa shape index (κ2) is 7.96. The van der Waals surface area contributed by atoms with Crippen LogP contribution in [0.15, 0.2) is 54.6 Å². The first-order valence-corrected chi connectivity index (χ1v) is 10.5. The molecule has 0 radical (unpaired) electrons. The van der Waals surface area contributed by atoms with Gasteiger partial charge in [-0.1, -0.05) is 44.2 Å². The van der Waals surface area contributed by atoms with E-state index in [0.717, 1.165) is 37.9 Å². The van der Waals surface area contributed by atoms with Crippen LogP contribution in [0.25, 0.3) is 0 Å². The molecule has 28 heavy (non-hydrogen) atoms. The second-order valence-electron chi connectivity index (χ2n) is 8.78. The van der Waals surface area contributed by atoms with E-state index in [-0.39, 0.29) is 11.3 Å². The van der Waals surface area contributed by atoms with Crippen molar-refractivity contribution in [3.63, 3.8) is 0 Å². The molecular weight excluding hydrogens is 346 g/mol. The normalized spacial score (nSPS) is 18.1. The number of carbonyl (C=O) groups excluding carboxylic acids is 1. The fraction of sp³-hybridized carbons (Fsp3) is 0.458. The molecule has 1 aliphatic carbocycles. The van der Waals surface area contributed by atoms with Crippen molar-refractivity contribution in [3.05, 3.63) is 60.2 Å². The largest absolute Gasteiger partial charge is 0.369 e. The van der Waals surface area contributed by atoms with Gasteiger partial charge in [0.05, 0.1) is 0 Å². The van der Waals surface area contributed by atoms with Crippen LogP contribution in [0.3, 0.4) is 0 Å². The Kier molecular flexibility index (Phi) is 5.40. The Morgan fingerprint density at radius 2 is 1.61 bits per heavy atom. The van der Waals surface area contributed by atoms with E-state index in [1.807, 2.05) is 30.3 Å². The number of nitrogens with zero attached hydrogens (tertiary/aromatic N) is 2. The van der Waals surface area contributed by atoms with Gasteiger partial charge in [0.15, 0.2) is 0 Å². The van der Waals surface area contributed by atoms with E-state index in [0.29, 0.717) is 6.42 Å². The molecule has 0 atom stereocenters. The number of anilines is 2. The van der Waals surface area contributed by atoms with Crippen molar-refractivity contribution >= 4 is 17.3 Å². The van der Waals surface area contributed by atoms with E-state index in [9.17, 15) is 4.79 Å². The molecule has 2 aliphatic rings. The standard InChI is InChI=1S/C24H31N3O/c1-24(2,19-6-4-3-5-7-19)18-23(28)25-20-8-10-21(11-9-20)26-14-16-27(17-15-26)22-12-13-22/h3-11,22H,12-18H2,1-2H3,(H,25,28). The van der Waals surface area contributed by atoms with Gasteiger partial charge in [-0.3, -0.25) is 9.69 Å². The lowest BCUT2D eigenvalue weighted by molar-refractivity contribution is -0.117. The summed E-state index contributed by atoms with van der Waals surface area (Å²) < 4.78 is 0. The van der Waals surface area contributed by atoms with Crippen LogP contribution in [0.2, 0.25) is 0 Å². The molecule has 1 aliphatic heterocycles. The molecule has 148 valence electrons. The summed E-state index contributed by atoms with van der Waals surface area (Å²) in [6, 6.07) is 19.4. The van der Waals surface area contributed by atoms with Crippen molar-refractivity contribution in [2.45, 2.75) is 44.6 Å². The monoisotopic (exact) mass is 377 g/mol. The molecular formula is C24H31N3O. The first-order chi connectivity index (χ1) is 13.5. The van der Waals surface area contributed by atoms with Gasteiger partial charge < -0.3 is 10.2 Å². The van der Waals surface area contributed by atoms with Crippen LogP contribution in [-0.4, -0.2) is 43.0 Å². The smallest absolute Gasteiger partial charge is 0.225 e. The topological polar surface area (TPSA) is 35.6 Å². The molecule has 4 heteroatoms. The van der Waals surface area contributed by atoms with Crippen molar-refractivity contribution in [3.8, 4) is 0 Å². The minimum absolute atomic E-state index is 0.0552. The number of hydrogen-bond donors (Lipinski definition) is 1. The van der Waals surface area contributed by atoms with E-state index in [2.05, 4.69) is 53.2 Å². The number of amides is 1. The van der Waals surface area contributed by atoms with Crippen LogP contribution in [0.4, 0.5) is 11.4 Å². The summed E-state index contributed by atoms with van der Waals surface area (Å²) in [7, 11) is 0. The summed E-state index contributed by atoms with van der Waals surface area (Å²) in [4.78, 5) is 17.6. The maximum atomic E-state index is 12.6. The molecule has 4 nitrogen and oxygen atoms in total. The number of rotatable bonds is 6. The Balaban J connectivity index is 1.31. The van der Waals surface area contributed by atoms with Gasteiger partial charge in [0.1, 0.15) is 0 Å². The molecule has 2 aromatic carbocycles. The molecule has 1 N–H and O–H groups in total. The van der Waals surface area contributed by atoms with Crippen LogP contribution in [0.5, 0.6) is 0 Å². The Morgan fingerprint density at radius 1 is 0.964 bits per heavy atom. The van der Waals surface area contributed by atoms with Crippen LogP contribution in [0.1, 0.15) is 38.7 Å². The zero-order valence-electron chi connectivity index (χ0n) is 17.0. The quantitative estimate of drug-likeness (QED) is 0.816. The zero-order valence-corrected chi connectivity index (χ0v) is 17.0. The molecule has 1 saturated carbocycles. The zero-order chi connectivity index (χ0) is 19.6. The highest BCUT2D eigenvalue weighted by Crippen LogP contribution is 2.29. The number of piperazine rings is 1. The maximum Gasteiger partial charge on any atom is 0.225 e. The predicted molar refractivity (Wildman–Crippen MR) is 116 cm³/mol. The fourth-order valence-corrected chi connectivity index (χ4v) is 4.14. The van der Waals surface area contributed by atoms with Crippen molar-refractivity contribution in [1.82, 2.24) is 4.90 Å². The SMILES string of the molecule is CC(C)(CC(=O)Nc1ccc(N2CCN(C3CC3)CC2)cc1)c1ccccc1. The third-order valence-electron chi connectivity index (χ3n) is 6.05. The second-order valence-corrected chi connectivity index (χ2v) is 8.78. The van der Waals surface area contributed by atoms with Crippen LogP contribution < -0.4 is 10.2 Å².